The van der Waals surface area contributed by atoms with Crippen LogP contribution in [0.5, 0.6) is 5.75 Å². The Hall–Kier alpha value is -3.16. The van der Waals surface area contributed by atoms with Gasteiger partial charge in [0.1, 0.15) is 5.75 Å². The first-order chi connectivity index (χ1) is 14.8. The number of hydrogen-bond donors (Lipinski definition) is 1. The van der Waals surface area contributed by atoms with E-state index in [4.69, 9.17) is 4.74 Å². The second-order valence-corrected chi connectivity index (χ2v) is 8.96. The maximum Gasteiger partial charge on any atom is 0.260 e. The van der Waals surface area contributed by atoms with Crippen LogP contribution in [0.25, 0.3) is 0 Å². The zero-order valence-corrected chi connectivity index (χ0v) is 18.4. The molecule has 0 fully saturated rings. The van der Waals surface area contributed by atoms with E-state index in [0.717, 1.165) is 11.1 Å². The number of amides is 1. The van der Waals surface area contributed by atoms with Crippen molar-refractivity contribution in [2.45, 2.75) is 24.4 Å². The highest BCUT2D eigenvalue weighted by molar-refractivity contribution is 7.89. The number of nitrogens with one attached hydrogen (secondary N) is 1. The Kier molecular flexibility index (Phi) is 7.44. The van der Waals surface area contributed by atoms with E-state index in [2.05, 4.69) is 4.72 Å². The quantitative estimate of drug-likeness (QED) is 0.552. The highest BCUT2D eigenvalue weighted by atomic mass is 32.2. The van der Waals surface area contributed by atoms with Crippen LogP contribution < -0.4 is 9.46 Å². The summed E-state index contributed by atoms with van der Waals surface area (Å²) in [5.74, 6) is 0.260. The molecule has 0 radical (unpaired) electrons. The normalized spacial score (nSPS) is 12.2. The summed E-state index contributed by atoms with van der Waals surface area (Å²) in [6.45, 7) is 2.16. The predicted octanol–water partition coefficient (Wildman–Crippen LogP) is 3.76. The number of ether oxygens (including phenoxy) is 1. The Labute approximate surface area is 183 Å². The standard InChI is InChI=1S/C24H26N2O4S/c1-19(21-11-7-4-8-12-21)25-31(28,29)23-15-13-22(14-16-23)30-18-24(27)26(2)17-20-9-5-3-6-10-20/h3-16,19,25H,17-18H2,1-2H3/t19-/m0/s1. The SMILES string of the molecule is C[C@H](NS(=O)(=O)c1ccc(OCC(=O)N(C)Cc2ccccc2)cc1)c1ccccc1. The minimum absolute atomic E-state index is 0.126. The fourth-order valence-corrected chi connectivity index (χ4v) is 4.26. The van der Waals surface area contributed by atoms with Gasteiger partial charge < -0.3 is 9.64 Å². The number of carbonyl (C=O) groups is 1. The van der Waals surface area contributed by atoms with Crippen LogP contribution in [-0.4, -0.2) is 32.9 Å². The third-order valence-electron chi connectivity index (χ3n) is 4.82. The fourth-order valence-electron chi connectivity index (χ4n) is 3.03. The summed E-state index contributed by atoms with van der Waals surface area (Å²) in [5, 5.41) is 0. The molecule has 1 amide bonds. The highest BCUT2D eigenvalue weighted by Gasteiger charge is 2.18. The molecule has 0 aliphatic rings. The summed E-state index contributed by atoms with van der Waals surface area (Å²) in [7, 11) is -1.97. The molecular formula is C24H26N2O4S. The first kappa shape index (κ1) is 22.5. The molecule has 162 valence electrons. The molecule has 7 heteroatoms. The van der Waals surface area contributed by atoms with Crippen LogP contribution in [0.3, 0.4) is 0 Å². The van der Waals surface area contributed by atoms with Crippen molar-refractivity contribution in [2.24, 2.45) is 0 Å². The molecule has 0 spiro atoms. The number of benzene rings is 3. The van der Waals surface area contributed by atoms with Gasteiger partial charge in [-0.2, -0.15) is 0 Å². The lowest BCUT2D eigenvalue weighted by atomic mass is 10.1. The van der Waals surface area contributed by atoms with Crippen molar-refractivity contribution < 1.29 is 17.9 Å². The Morgan fingerprint density at radius 1 is 0.935 bits per heavy atom. The fraction of sp³-hybridized carbons (Fsp3) is 0.208. The van der Waals surface area contributed by atoms with Gasteiger partial charge in [0, 0.05) is 19.6 Å². The van der Waals surface area contributed by atoms with E-state index >= 15 is 0 Å². The van der Waals surface area contributed by atoms with E-state index < -0.39 is 10.0 Å². The molecule has 31 heavy (non-hydrogen) atoms. The van der Waals surface area contributed by atoms with Crippen LogP contribution in [0.1, 0.15) is 24.1 Å². The van der Waals surface area contributed by atoms with Gasteiger partial charge in [-0.25, -0.2) is 13.1 Å². The zero-order valence-electron chi connectivity index (χ0n) is 17.6. The number of nitrogens with zero attached hydrogens (tertiary/aromatic N) is 1. The average molecular weight is 439 g/mol. The summed E-state index contributed by atoms with van der Waals surface area (Å²) in [6, 6.07) is 24.7. The molecule has 3 aromatic rings. The number of carbonyl (C=O) groups excluding carboxylic acids is 1. The maximum atomic E-state index is 12.6. The van der Waals surface area contributed by atoms with Crippen LogP contribution in [0.2, 0.25) is 0 Å². The van der Waals surface area contributed by atoms with Crippen molar-refractivity contribution in [1.29, 1.82) is 0 Å². The Morgan fingerprint density at radius 2 is 1.52 bits per heavy atom. The second-order valence-electron chi connectivity index (χ2n) is 7.25. The largest absolute Gasteiger partial charge is 0.484 e. The van der Waals surface area contributed by atoms with Gasteiger partial charge in [-0.05, 0) is 42.3 Å². The van der Waals surface area contributed by atoms with Crippen LogP contribution in [-0.2, 0) is 21.4 Å². The van der Waals surface area contributed by atoms with Gasteiger partial charge in [0.15, 0.2) is 6.61 Å². The van der Waals surface area contributed by atoms with Crippen molar-refractivity contribution in [1.82, 2.24) is 9.62 Å². The molecule has 0 bridgehead atoms. The molecule has 1 N–H and O–H groups in total. The molecule has 6 nitrogen and oxygen atoms in total. The lowest BCUT2D eigenvalue weighted by Gasteiger charge is -2.18. The average Bonchev–Trinajstić information content (AvgIpc) is 2.78. The van der Waals surface area contributed by atoms with E-state index in [0.29, 0.717) is 12.3 Å². The summed E-state index contributed by atoms with van der Waals surface area (Å²) in [5.41, 5.74) is 1.91. The van der Waals surface area contributed by atoms with Gasteiger partial charge in [0.2, 0.25) is 10.0 Å². The second kappa shape index (κ2) is 10.2. The van der Waals surface area contributed by atoms with Crippen molar-refractivity contribution in [3.63, 3.8) is 0 Å². The van der Waals surface area contributed by atoms with E-state index in [-0.39, 0.29) is 23.5 Å². The summed E-state index contributed by atoms with van der Waals surface area (Å²) >= 11 is 0. The molecule has 0 heterocycles. The third-order valence-corrected chi connectivity index (χ3v) is 6.37. The van der Waals surface area contributed by atoms with Gasteiger partial charge >= 0.3 is 0 Å². The monoisotopic (exact) mass is 438 g/mol. The Balaban J connectivity index is 1.55. The summed E-state index contributed by atoms with van der Waals surface area (Å²) in [6.07, 6.45) is 0. The van der Waals surface area contributed by atoms with Crippen molar-refractivity contribution in [3.05, 3.63) is 96.1 Å². The summed E-state index contributed by atoms with van der Waals surface area (Å²) < 4.78 is 33.5. The van der Waals surface area contributed by atoms with E-state index in [1.807, 2.05) is 60.7 Å². The number of rotatable bonds is 9. The molecule has 1 atom stereocenters. The van der Waals surface area contributed by atoms with Crippen LogP contribution in [0, 0.1) is 0 Å². The molecule has 0 unspecified atom stereocenters. The van der Waals surface area contributed by atoms with Gasteiger partial charge in [-0.15, -0.1) is 0 Å². The number of likely N-dealkylation sites (N-methyl/N-ethyl adjacent to an activating group) is 1. The first-order valence-corrected chi connectivity index (χ1v) is 11.4. The van der Waals surface area contributed by atoms with Crippen molar-refractivity contribution >= 4 is 15.9 Å². The Bertz CT molecular complexity index is 1090. The van der Waals surface area contributed by atoms with Gasteiger partial charge in [0.25, 0.3) is 5.91 Å². The van der Waals surface area contributed by atoms with Crippen molar-refractivity contribution in [3.8, 4) is 5.75 Å². The predicted molar refractivity (Wildman–Crippen MR) is 120 cm³/mol. The molecule has 0 aromatic heterocycles. The van der Waals surface area contributed by atoms with Crippen molar-refractivity contribution in [2.75, 3.05) is 13.7 Å². The highest BCUT2D eigenvalue weighted by Crippen LogP contribution is 2.19. The minimum Gasteiger partial charge on any atom is -0.484 e. The van der Waals surface area contributed by atoms with Gasteiger partial charge in [0.05, 0.1) is 4.90 Å². The number of sulfonamides is 1. The smallest absolute Gasteiger partial charge is 0.260 e. The van der Waals surface area contributed by atoms with Crippen LogP contribution in [0.15, 0.2) is 89.8 Å². The topological polar surface area (TPSA) is 75.7 Å². The molecular weight excluding hydrogens is 412 g/mol. The van der Waals surface area contributed by atoms with E-state index in [9.17, 15) is 13.2 Å². The molecule has 0 saturated carbocycles. The van der Waals surface area contributed by atoms with Crippen LogP contribution in [0.4, 0.5) is 0 Å². The van der Waals surface area contributed by atoms with Gasteiger partial charge in [-0.3, -0.25) is 4.79 Å². The van der Waals surface area contributed by atoms with Crippen LogP contribution >= 0.6 is 0 Å². The molecule has 0 saturated heterocycles. The first-order valence-electron chi connectivity index (χ1n) is 9.93. The van der Waals surface area contributed by atoms with Gasteiger partial charge in [-0.1, -0.05) is 60.7 Å². The lowest BCUT2D eigenvalue weighted by molar-refractivity contribution is -0.132. The van der Waals surface area contributed by atoms with E-state index in [1.165, 1.54) is 12.1 Å². The van der Waals surface area contributed by atoms with E-state index in [1.54, 1.807) is 31.0 Å². The summed E-state index contributed by atoms with van der Waals surface area (Å²) in [4.78, 5) is 14.0. The molecule has 0 aliphatic heterocycles. The minimum atomic E-state index is -3.68. The zero-order chi connectivity index (χ0) is 22.3. The Morgan fingerprint density at radius 3 is 2.13 bits per heavy atom. The maximum absolute atomic E-state index is 12.6. The molecule has 3 aromatic carbocycles. The molecule has 3 rings (SSSR count). The number of hydrogen-bond acceptors (Lipinski definition) is 4. The third kappa shape index (κ3) is 6.41. The lowest BCUT2D eigenvalue weighted by Crippen LogP contribution is -2.31. The molecule has 0 aliphatic carbocycles.